The lowest BCUT2D eigenvalue weighted by atomic mass is 9.96. The maximum absolute atomic E-state index is 7.92. The molecule has 0 amide bonds. The Labute approximate surface area is 199 Å². The summed E-state index contributed by atoms with van der Waals surface area (Å²) < 4.78 is 98.1. The van der Waals surface area contributed by atoms with Crippen LogP contribution in [-0.4, -0.2) is 32.9 Å². The zero-order valence-electron chi connectivity index (χ0n) is 26.8. The van der Waals surface area contributed by atoms with Crippen molar-refractivity contribution in [3.05, 3.63) is 47.0 Å². The summed E-state index contributed by atoms with van der Waals surface area (Å²) >= 11 is 0. The van der Waals surface area contributed by atoms with Gasteiger partial charge in [-0.2, -0.15) is 0 Å². The normalized spacial score (nSPS) is 20.4. The van der Waals surface area contributed by atoms with E-state index in [1.165, 1.54) is 12.1 Å². The summed E-state index contributed by atoms with van der Waals surface area (Å²) in [6.45, 7) is -7.62. The van der Waals surface area contributed by atoms with Crippen LogP contribution in [0.5, 0.6) is 23.0 Å². The first kappa shape index (κ1) is 13.0. The van der Waals surface area contributed by atoms with Crippen LogP contribution >= 0.6 is 12.4 Å². The van der Waals surface area contributed by atoms with Gasteiger partial charge >= 0.3 is 0 Å². The molecule has 1 heterocycles. The summed E-state index contributed by atoms with van der Waals surface area (Å²) in [6.07, 6.45) is 2.25. The SMILES string of the molecule is Cl.[2H]C([2H])([2H])C([2H])([2H])Oc1cc2c(cc1OC([2H])([2H])C([2H])([2H])[2H])/C(=C/c1ccc(OCC)c(OCC)c1)NCC2. The largest absolute Gasteiger partial charge is 0.490 e. The smallest absolute Gasteiger partial charge is 0.161 e. The fourth-order valence-corrected chi connectivity index (χ4v) is 3.21. The van der Waals surface area contributed by atoms with Gasteiger partial charge < -0.3 is 24.3 Å². The van der Waals surface area contributed by atoms with E-state index in [9.17, 15) is 0 Å². The fraction of sp³-hybridized carbons (Fsp3) is 0.417. The number of rotatable bonds is 9. The van der Waals surface area contributed by atoms with Crippen molar-refractivity contribution in [1.29, 1.82) is 0 Å². The highest BCUT2D eigenvalue weighted by atomic mass is 35.5. The lowest BCUT2D eigenvalue weighted by molar-refractivity contribution is 0.287. The third-order valence-corrected chi connectivity index (χ3v) is 4.37. The molecule has 0 aromatic heterocycles. The Bertz CT molecular complexity index is 1220. The maximum Gasteiger partial charge on any atom is 0.161 e. The summed E-state index contributed by atoms with van der Waals surface area (Å²) in [4.78, 5) is 0. The monoisotopic (exact) mass is 443 g/mol. The Morgan fingerprint density at radius 1 is 0.933 bits per heavy atom. The van der Waals surface area contributed by atoms with Crippen molar-refractivity contribution in [2.75, 3.05) is 32.9 Å². The molecule has 0 saturated carbocycles. The number of hydrogen-bond donors (Lipinski definition) is 1. The van der Waals surface area contributed by atoms with E-state index in [4.69, 9.17) is 32.7 Å². The minimum atomic E-state index is -3.20. The van der Waals surface area contributed by atoms with Gasteiger partial charge in [0.25, 0.3) is 0 Å². The van der Waals surface area contributed by atoms with Gasteiger partial charge in [-0.15, -0.1) is 12.4 Å². The molecular weight excluding hydrogens is 402 g/mol. The fourth-order valence-electron chi connectivity index (χ4n) is 3.21. The molecule has 0 saturated heterocycles. The van der Waals surface area contributed by atoms with Crippen LogP contribution in [0.15, 0.2) is 30.3 Å². The van der Waals surface area contributed by atoms with Gasteiger partial charge in [0.05, 0.1) is 31.8 Å². The topological polar surface area (TPSA) is 49.0 Å². The third-order valence-electron chi connectivity index (χ3n) is 4.37. The van der Waals surface area contributed by atoms with Crippen molar-refractivity contribution in [3.8, 4) is 23.0 Å². The van der Waals surface area contributed by atoms with E-state index in [1.807, 2.05) is 19.9 Å². The summed E-state index contributed by atoms with van der Waals surface area (Å²) in [7, 11) is 0. The molecule has 1 N–H and O–H groups in total. The van der Waals surface area contributed by atoms with Crippen LogP contribution in [0, 0.1) is 0 Å². The molecule has 6 heteroatoms. The standard InChI is InChI=1S/C24H31NO4.ClH/c1-5-26-21-10-9-17(14-22(21)27-6-2)13-20-19-16-24(29-8-4)23(28-7-3)15-18(19)11-12-25-20;/h9-10,13-16,25H,5-8,11-12H2,1-4H3;1H/b20-13-;/i3D3,4D3,7D2,8D2;. The number of benzene rings is 2. The molecule has 0 fully saturated rings. The number of ether oxygens (including phenoxy) is 4. The van der Waals surface area contributed by atoms with Crippen LogP contribution in [0.2, 0.25) is 0 Å². The van der Waals surface area contributed by atoms with E-state index in [0.29, 0.717) is 54.5 Å². The highest BCUT2D eigenvalue weighted by Crippen LogP contribution is 2.36. The lowest BCUT2D eigenvalue weighted by Crippen LogP contribution is -2.22. The molecule has 2 aromatic carbocycles. The molecular formula is C24H32ClNO4. The van der Waals surface area contributed by atoms with E-state index in [1.54, 1.807) is 18.2 Å². The van der Waals surface area contributed by atoms with E-state index < -0.39 is 38.3 Å². The van der Waals surface area contributed by atoms with Crippen LogP contribution in [0.3, 0.4) is 0 Å². The molecule has 0 bridgehead atoms. The highest BCUT2D eigenvalue weighted by molar-refractivity contribution is 5.85. The average Bonchev–Trinajstić information content (AvgIpc) is 2.80. The van der Waals surface area contributed by atoms with Gasteiger partial charge in [0.1, 0.15) is 0 Å². The Kier molecular flexibility index (Phi) is 5.03. The number of nitrogens with one attached hydrogen (secondary N) is 1. The van der Waals surface area contributed by atoms with Crippen molar-refractivity contribution >= 4 is 24.2 Å². The van der Waals surface area contributed by atoms with Crippen molar-refractivity contribution in [1.82, 2.24) is 5.32 Å². The van der Waals surface area contributed by atoms with Crippen LogP contribution in [-0.2, 0) is 6.42 Å². The number of fused-ring (bicyclic) bond motifs is 1. The van der Waals surface area contributed by atoms with Gasteiger partial charge in [0.2, 0.25) is 0 Å². The molecule has 1 aliphatic rings. The highest BCUT2D eigenvalue weighted by Gasteiger charge is 2.19. The number of hydrogen-bond acceptors (Lipinski definition) is 5. The van der Waals surface area contributed by atoms with Crippen LogP contribution < -0.4 is 24.3 Å². The molecule has 3 rings (SSSR count). The van der Waals surface area contributed by atoms with Gasteiger partial charge in [0, 0.05) is 26.0 Å². The Hall–Kier alpha value is -2.53. The van der Waals surface area contributed by atoms with Gasteiger partial charge in [-0.1, -0.05) is 6.07 Å². The average molecular weight is 444 g/mol. The van der Waals surface area contributed by atoms with Crippen molar-refractivity contribution in [2.24, 2.45) is 0 Å². The summed E-state index contributed by atoms with van der Waals surface area (Å²) in [5.74, 6) is 0.255. The molecule has 0 aliphatic carbocycles. The molecule has 1 aliphatic heterocycles. The second-order valence-corrected chi connectivity index (χ2v) is 6.17. The summed E-state index contributed by atoms with van der Waals surface area (Å²) in [5, 5.41) is 3.25. The van der Waals surface area contributed by atoms with Crippen LogP contribution in [0.25, 0.3) is 11.8 Å². The Morgan fingerprint density at radius 2 is 1.60 bits per heavy atom. The zero-order chi connectivity index (χ0) is 29.2. The molecule has 164 valence electrons. The quantitative estimate of drug-likeness (QED) is 0.566. The molecule has 30 heavy (non-hydrogen) atoms. The minimum absolute atomic E-state index is 0. The zero-order valence-corrected chi connectivity index (χ0v) is 17.7. The van der Waals surface area contributed by atoms with Gasteiger partial charge in [-0.05, 0) is 75.4 Å². The van der Waals surface area contributed by atoms with Gasteiger partial charge in [-0.25, -0.2) is 0 Å². The lowest BCUT2D eigenvalue weighted by Gasteiger charge is -2.24. The number of halogens is 1. The van der Waals surface area contributed by atoms with Gasteiger partial charge in [0.15, 0.2) is 23.0 Å². The van der Waals surface area contributed by atoms with Crippen molar-refractivity contribution < 1.29 is 32.7 Å². The van der Waals surface area contributed by atoms with Crippen molar-refractivity contribution in [2.45, 2.75) is 34.0 Å². The van der Waals surface area contributed by atoms with E-state index >= 15 is 0 Å². The molecule has 0 radical (unpaired) electrons. The maximum atomic E-state index is 7.92. The summed E-state index contributed by atoms with van der Waals surface area (Å²) in [6, 6.07) is 8.06. The van der Waals surface area contributed by atoms with E-state index in [-0.39, 0.29) is 12.4 Å². The first-order valence-corrected chi connectivity index (χ1v) is 9.39. The van der Waals surface area contributed by atoms with E-state index in [0.717, 1.165) is 5.56 Å². The molecule has 0 spiro atoms. The molecule has 5 nitrogen and oxygen atoms in total. The molecule has 0 atom stereocenters. The van der Waals surface area contributed by atoms with E-state index in [2.05, 4.69) is 5.32 Å². The minimum Gasteiger partial charge on any atom is -0.490 e. The van der Waals surface area contributed by atoms with Gasteiger partial charge in [-0.3, -0.25) is 0 Å². The first-order chi connectivity index (χ1) is 18.0. The Balaban J connectivity index is 0.00000560. The van der Waals surface area contributed by atoms with Crippen LogP contribution in [0.1, 0.15) is 57.9 Å². The Morgan fingerprint density at radius 3 is 2.30 bits per heavy atom. The predicted molar refractivity (Wildman–Crippen MR) is 124 cm³/mol. The molecule has 0 unspecified atom stereocenters. The second kappa shape index (κ2) is 11.6. The van der Waals surface area contributed by atoms with Crippen LogP contribution in [0.4, 0.5) is 0 Å². The van der Waals surface area contributed by atoms with Crippen molar-refractivity contribution in [3.63, 3.8) is 0 Å². The molecule has 2 aromatic rings. The first-order valence-electron chi connectivity index (χ1n) is 14.4. The third kappa shape index (κ3) is 5.54. The summed E-state index contributed by atoms with van der Waals surface area (Å²) in [5.41, 5.74) is 2.49. The second-order valence-electron chi connectivity index (χ2n) is 6.17. The predicted octanol–water partition coefficient (Wildman–Crippen LogP) is 5.35.